The predicted molar refractivity (Wildman–Crippen MR) is 87.3 cm³/mol. The van der Waals surface area contributed by atoms with Crippen molar-refractivity contribution in [2.45, 2.75) is 31.0 Å². The number of rotatable bonds is 2. The highest BCUT2D eigenvalue weighted by Crippen LogP contribution is 2.34. The molecule has 0 N–H and O–H groups in total. The van der Waals surface area contributed by atoms with Gasteiger partial charge in [0.2, 0.25) is 0 Å². The van der Waals surface area contributed by atoms with Gasteiger partial charge in [0.15, 0.2) is 0 Å². The molecule has 0 bridgehead atoms. The van der Waals surface area contributed by atoms with Crippen LogP contribution >= 0.6 is 27.5 Å². The first-order valence-corrected chi connectivity index (χ1v) is 7.78. The molecule has 3 heteroatoms. The van der Waals surface area contributed by atoms with Crippen LogP contribution in [0.3, 0.4) is 0 Å². The number of halogens is 3. The van der Waals surface area contributed by atoms with Gasteiger partial charge in [0.1, 0.15) is 5.82 Å². The van der Waals surface area contributed by atoms with Crippen molar-refractivity contribution in [3.8, 4) is 0 Å². The van der Waals surface area contributed by atoms with Gasteiger partial charge in [0.25, 0.3) is 0 Å². The van der Waals surface area contributed by atoms with Crippen molar-refractivity contribution in [2.75, 3.05) is 0 Å². The number of alkyl halides is 1. The zero-order valence-electron chi connectivity index (χ0n) is 11.8. The molecule has 0 radical (unpaired) electrons. The van der Waals surface area contributed by atoms with Crippen LogP contribution in [-0.2, 0) is 5.41 Å². The molecule has 0 saturated heterocycles. The smallest absolute Gasteiger partial charge is 0.129 e. The minimum Gasteiger partial charge on any atom is -0.207 e. The third kappa shape index (κ3) is 3.42. The first kappa shape index (κ1) is 15.5. The molecule has 0 nitrogen and oxygen atoms in total. The van der Waals surface area contributed by atoms with E-state index < -0.39 is 0 Å². The maximum Gasteiger partial charge on any atom is 0.129 e. The molecule has 0 heterocycles. The highest BCUT2D eigenvalue weighted by molar-refractivity contribution is 9.09. The summed E-state index contributed by atoms with van der Waals surface area (Å²) in [5.41, 5.74) is 3.00. The lowest BCUT2D eigenvalue weighted by molar-refractivity contribution is 0.590. The van der Waals surface area contributed by atoms with Gasteiger partial charge in [-0.25, -0.2) is 4.39 Å². The lowest BCUT2D eigenvalue weighted by atomic mass is 9.86. The Balaban J connectivity index is 2.31. The van der Waals surface area contributed by atoms with Gasteiger partial charge in [-0.3, -0.25) is 0 Å². The normalized spacial score (nSPS) is 13.3. The average molecular weight is 356 g/mol. The molecule has 0 fully saturated rings. The summed E-state index contributed by atoms with van der Waals surface area (Å²) in [6.07, 6.45) is 0. The van der Waals surface area contributed by atoms with Crippen LogP contribution in [0, 0.1) is 5.82 Å². The van der Waals surface area contributed by atoms with Crippen LogP contribution in [0.1, 0.15) is 42.3 Å². The maximum atomic E-state index is 13.9. The summed E-state index contributed by atoms with van der Waals surface area (Å²) in [4.78, 5) is -0.172. The third-order valence-electron chi connectivity index (χ3n) is 3.30. The van der Waals surface area contributed by atoms with E-state index >= 15 is 0 Å². The Bertz CT molecular complexity index is 599. The molecular formula is C17H17BrClF. The molecule has 0 aliphatic rings. The Hall–Kier alpha value is -0.860. The summed E-state index contributed by atoms with van der Waals surface area (Å²) in [5, 5.41) is 0.411. The summed E-state index contributed by atoms with van der Waals surface area (Å²) >= 11 is 9.34. The Labute approximate surface area is 133 Å². The molecule has 0 saturated carbocycles. The standard InChI is InChI=1S/C17H17BrClF/c1-17(2,3)12-6-4-11(5-7-12)16(18)14-9-8-13(19)10-15(14)20/h4-10,16H,1-3H3. The fourth-order valence-electron chi connectivity index (χ4n) is 2.04. The fraction of sp³-hybridized carbons (Fsp3) is 0.294. The number of benzene rings is 2. The van der Waals surface area contributed by atoms with Gasteiger partial charge in [-0.05, 0) is 28.7 Å². The van der Waals surface area contributed by atoms with Crippen molar-refractivity contribution in [3.05, 3.63) is 70.0 Å². The second-order valence-corrected chi connectivity index (χ2v) is 7.25. The molecule has 20 heavy (non-hydrogen) atoms. The molecule has 106 valence electrons. The minimum absolute atomic E-state index is 0.117. The monoisotopic (exact) mass is 354 g/mol. The van der Waals surface area contributed by atoms with Gasteiger partial charge in [-0.15, -0.1) is 0 Å². The maximum absolute atomic E-state index is 13.9. The summed E-state index contributed by atoms with van der Waals surface area (Å²) in [6, 6.07) is 13.0. The molecule has 0 aliphatic carbocycles. The van der Waals surface area contributed by atoms with Crippen molar-refractivity contribution in [1.82, 2.24) is 0 Å². The van der Waals surface area contributed by atoms with Crippen LogP contribution in [0.2, 0.25) is 5.02 Å². The first-order chi connectivity index (χ1) is 9.29. The summed E-state index contributed by atoms with van der Waals surface area (Å²) in [5.74, 6) is -0.292. The van der Waals surface area contributed by atoms with E-state index in [-0.39, 0.29) is 16.1 Å². The highest BCUT2D eigenvalue weighted by Gasteiger charge is 2.17. The van der Waals surface area contributed by atoms with E-state index in [2.05, 4.69) is 48.8 Å². The van der Waals surface area contributed by atoms with Crippen molar-refractivity contribution in [3.63, 3.8) is 0 Å². The summed E-state index contributed by atoms with van der Waals surface area (Å²) < 4.78 is 13.9. The third-order valence-corrected chi connectivity index (χ3v) is 4.56. The first-order valence-electron chi connectivity index (χ1n) is 6.48. The van der Waals surface area contributed by atoms with Gasteiger partial charge in [0, 0.05) is 10.6 Å². The molecule has 0 aromatic heterocycles. The van der Waals surface area contributed by atoms with Crippen molar-refractivity contribution in [1.29, 1.82) is 0 Å². The molecule has 2 rings (SSSR count). The number of hydrogen-bond donors (Lipinski definition) is 0. The molecular weight excluding hydrogens is 339 g/mol. The van der Waals surface area contributed by atoms with E-state index in [4.69, 9.17) is 11.6 Å². The second kappa shape index (κ2) is 5.87. The lowest BCUT2D eigenvalue weighted by Crippen LogP contribution is -2.10. The lowest BCUT2D eigenvalue weighted by Gasteiger charge is -2.20. The quantitative estimate of drug-likeness (QED) is 0.558. The van der Waals surface area contributed by atoms with Gasteiger partial charge >= 0.3 is 0 Å². The van der Waals surface area contributed by atoms with E-state index in [0.29, 0.717) is 10.6 Å². The van der Waals surface area contributed by atoms with Gasteiger partial charge in [0.05, 0.1) is 4.83 Å². The molecule has 0 aliphatic heterocycles. The highest BCUT2D eigenvalue weighted by atomic mass is 79.9. The topological polar surface area (TPSA) is 0 Å². The molecule has 0 amide bonds. The van der Waals surface area contributed by atoms with Crippen molar-refractivity contribution in [2.24, 2.45) is 0 Å². The Morgan fingerprint density at radius 3 is 2.15 bits per heavy atom. The largest absolute Gasteiger partial charge is 0.207 e. The van der Waals surface area contributed by atoms with Crippen LogP contribution < -0.4 is 0 Å². The molecule has 0 spiro atoms. The molecule has 2 aromatic carbocycles. The van der Waals surface area contributed by atoms with Crippen LogP contribution in [-0.4, -0.2) is 0 Å². The van der Waals surface area contributed by atoms with E-state index in [9.17, 15) is 4.39 Å². The van der Waals surface area contributed by atoms with Crippen LogP contribution in [0.25, 0.3) is 0 Å². The Kier molecular flexibility index (Phi) is 4.55. The van der Waals surface area contributed by atoms with Crippen molar-refractivity contribution >= 4 is 27.5 Å². The van der Waals surface area contributed by atoms with E-state index in [1.807, 2.05) is 12.1 Å². The Morgan fingerprint density at radius 1 is 1.05 bits per heavy atom. The number of hydrogen-bond acceptors (Lipinski definition) is 0. The zero-order chi connectivity index (χ0) is 14.9. The van der Waals surface area contributed by atoms with E-state index in [0.717, 1.165) is 5.56 Å². The SMILES string of the molecule is CC(C)(C)c1ccc(C(Br)c2ccc(Cl)cc2F)cc1. The average Bonchev–Trinajstić information content (AvgIpc) is 2.37. The van der Waals surface area contributed by atoms with Crippen LogP contribution in [0.15, 0.2) is 42.5 Å². The van der Waals surface area contributed by atoms with Gasteiger partial charge in [-0.1, -0.05) is 78.6 Å². The van der Waals surface area contributed by atoms with E-state index in [1.54, 1.807) is 12.1 Å². The molecule has 1 unspecified atom stereocenters. The van der Waals surface area contributed by atoms with Crippen LogP contribution in [0.5, 0.6) is 0 Å². The van der Waals surface area contributed by atoms with Crippen molar-refractivity contribution < 1.29 is 4.39 Å². The van der Waals surface area contributed by atoms with Crippen LogP contribution in [0.4, 0.5) is 4.39 Å². The van der Waals surface area contributed by atoms with Gasteiger partial charge < -0.3 is 0 Å². The van der Waals surface area contributed by atoms with Gasteiger partial charge in [-0.2, -0.15) is 0 Å². The summed E-state index contributed by atoms with van der Waals surface area (Å²) in [7, 11) is 0. The minimum atomic E-state index is -0.292. The zero-order valence-corrected chi connectivity index (χ0v) is 14.1. The van der Waals surface area contributed by atoms with E-state index in [1.165, 1.54) is 11.6 Å². The fourth-order valence-corrected chi connectivity index (χ4v) is 2.87. The second-order valence-electron chi connectivity index (χ2n) is 5.90. The molecule has 2 aromatic rings. The predicted octanol–water partition coefficient (Wildman–Crippen LogP) is 6.26. The summed E-state index contributed by atoms with van der Waals surface area (Å²) in [6.45, 7) is 6.52. The molecule has 1 atom stereocenters. The Morgan fingerprint density at radius 2 is 1.65 bits per heavy atom.